The molecule has 4 rings (SSSR count). The van der Waals surface area contributed by atoms with E-state index in [0.717, 1.165) is 23.2 Å². The van der Waals surface area contributed by atoms with Crippen molar-refractivity contribution >= 4 is 11.7 Å². The molecular weight excluding hydrogens is 393 g/mol. The molecule has 0 saturated carbocycles. The van der Waals surface area contributed by atoms with Crippen LogP contribution in [0.5, 0.6) is 0 Å². The summed E-state index contributed by atoms with van der Waals surface area (Å²) < 4.78 is 97.5. The van der Waals surface area contributed by atoms with E-state index in [1.54, 1.807) is 0 Å². The van der Waals surface area contributed by atoms with E-state index < -0.39 is 41.3 Å². The van der Waals surface area contributed by atoms with Gasteiger partial charge in [0.1, 0.15) is 17.2 Å². The van der Waals surface area contributed by atoms with Gasteiger partial charge in [0, 0.05) is 6.20 Å². The van der Waals surface area contributed by atoms with Crippen LogP contribution >= 0.6 is 0 Å². The Morgan fingerprint density at radius 2 is 1.93 bits per heavy atom. The fourth-order valence-electron chi connectivity index (χ4n) is 3.59. The highest BCUT2D eigenvalue weighted by Crippen LogP contribution is 2.47. The molecule has 3 nitrogen and oxygen atoms in total. The lowest BCUT2D eigenvalue weighted by molar-refractivity contribution is -0.0981. The van der Waals surface area contributed by atoms with Gasteiger partial charge in [-0.2, -0.15) is 22.0 Å². The van der Waals surface area contributed by atoms with Gasteiger partial charge in [0.05, 0.1) is 17.7 Å². The third-order valence-corrected chi connectivity index (χ3v) is 4.74. The molecule has 2 aliphatic heterocycles. The summed E-state index contributed by atoms with van der Waals surface area (Å²) in [6.07, 6.45) is -2.64. The number of amidine groups is 1. The van der Waals surface area contributed by atoms with Crippen molar-refractivity contribution < 1.29 is 35.5 Å². The zero-order valence-corrected chi connectivity index (χ0v) is 13.9. The first kappa shape index (κ1) is 18.6. The van der Waals surface area contributed by atoms with Crippen molar-refractivity contribution in [2.45, 2.75) is 24.7 Å². The molecule has 0 unspecified atom stereocenters. The zero-order chi connectivity index (χ0) is 20.3. The number of ether oxygens (including phenoxy) is 1. The highest BCUT2D eigenvalue weighted by atomic mass is 19.4. The summed E-state index contributed by atoms with van der Waals surface area (Å²) in [6.45, 7) is -3.58. The molecule has 0 bridgehead atoms. The SMILES string of the molecule is FC1=CC[C@]2(CN3C=C(C(F)(F)F)C=C(OC(F)F)C3=N2)c2cccc(F)c21. The van der Waals surface area contributed by atoms with E-state index in [-0.39, 0.29) is 29.9 Å². The first-order valence-corrected chi connectivity index (χ1v) is 8.08. The summed E-state index contributed by atoms with van der Waals surface area (Å²) in [6, 6.07) is 3.79. The van der Waals surface area contributed by atoms with Gasteiger partial charge < -0.3 is 9.64 Å². The molecule has 10 heteroatoms. The minimum absolute atomic E-state index is 0.0769. The van der Waals surface area contributed by atoms with Crippen molar-refractivity contribution in [1.82, 2.24) is 4.90 Å². The molecule has 28 heavy (non-hydrogen) atoms. The van der Waals surface area contributed by atoms with Gasteiger partial charge in [0.15, 0.2) is 11.6 Å². The fraction of sp³-hybridized carbons (Fsp3) is 0.278. The molecule has 0 fully saturated rings. The number of halogens is 7. The summed E-state index contributed by atoms with van der Waals surface area (Å²) in [5.74, 6) is -2.66. The lowest BCUT2D eigenvalue weighted by Gasteiger charge is -2.32. The van der Waals surface area contributed by atoms with Crippen molar-refractivity contribution in [1.29, 1.82) is 0 Å². The van der Waals surface area contributed by atoms with Crippen LogP contribution in [0.2, 0.25) is 0 Å². The van der Waals surface area contributed by atoms with Gasteiger partial charge in [-0.15, -0.1) is 0 Å². The number of fused-ring (bicyclic) bond motifs is 3. The van der Waals surface area contributed by atoms with Crippen molar-refractivity contribution in [3.05, 3.63) is 64.8 Å². The summed E-state index contributed by atoms with van der Waals surface area (Å²) in [7, 11) is 0. The molecule has 1 spiro atoms. The Balaban J connectivity index is 1.84. The third kappa shape index (κ3) is 2.87. The van der Waals surface area contributed by atoms with Crippen LogP contribution in [0, 0.1) is 5.82 Å². The monoisotopic (exact) mass is 404 g/mol. The molecule has 0 saturated heterocycles. The maximum atomic E-state index is 14.2. The molecule has 2 heterocycles. The zero-order valence-electron chi connectivity index (χ0n) is 13.9. The number of allylic oxidation sites excluding steroid dienone is 2. The smallest absolute Gasteiger partial charge is 0.417 e. The van der Waals surface area contributed by atoms with Crippen LogP contribution in [0.1, 0.15) is 17.5 Å². The molecule has 1 aliphatic carbocycles. The van der Waals surface area contributed by atoms with Crippen LogP contribution in [0.25, 0.3) is 5.83 Å². The molecule has 3 aliphatic rings. The van der Waals surface area contributed by atoms with E-state index in [1.165, 1.54) is 12.1 Å². The van der Waals surface area contributed by atoms with E-state index in [1.807, 2.05) is 0 Å². The Morgan fingerprint density at radius 1 is 1.18 bits per heavy atom. The second kappa shape index (κ2) is 6.11. The topological polar surface area (TPSA) is 24.8 Å². The number of nitrogens with zero attached hydrogens (tertiary/aromatic N) is 2. The van der Waals surface area contributed by atoms with Crippen LogP contribution in [0.4, 0.5) is 30.7 Å². The number of hydrogen-bond acceptors (Lipinski definition) is 3. The summed E-state index contributed by atoms with van der Waals surface area (Å²) in [5.41, 5.74) is -2.73. The van der Waals surface area contributed by atoms with E-state index in [4.69, 9.17) is 0 Å². The summed E-state index contributed by atoms with van der Waals surface area (Å²) >= 11 is 0. The Labute approximate surface area is 154 Å². The van der Waals surface area contributed by atoms with E-state index in [0.29, 0.717) is 6.08 Å². The number of rotatable bonds is 2. The number of benzene rings is 1. The predicted molar refractivity (Wildman–Crippen MR) is 85.2 cm³/mol. The molecule has 0 amide bonds. The lowest BCUT2D eigenvalue weighted by Crippen LogP contribution is -2.36. The Kier molecular flexibility index (Phi) is 4.06. The van der Waals surface area contributed by atoms with Crippen molar-refractivity contribution in [3.8, 4) is 0 Å². The van der Waals surface area contributed by atoms with E-state index in [2.05, 4.69) is 9.73 Å². The highest BCUT2D eigenvalue weighted by molar-refractivity contribution is 6.01. The van der Waals surface area contributed by atoms with Crippen molar-refractivity contribution in [3.63, 3.8) is 0 Å². The van der Waals surface area contributed by atoms with Crippen molar-refractivity contribution in [2.24, 2.45) is 4.99 Å². The van der Waals surface area contributed by atoms with E-state index in [9.17, 15) is 30.7 Å². The molecule has 0 aromatic heterocycles. The molecule has 1 atom stereocenters. The molecule has 148 valence electrons. The van der Waals surface area contributed by atoms with Crippen molar-refractivity contribution in [2.75, 3.05) is 6.54 Å². The number of aliphatic imine (C=N–C) groups is 1. The van der Waals surface area contributed by atoms with Gasteiger partial charge in [0.25, 0.3) is 0 Å². The largest absolute Gasteiger partial charge is 0.431 e. The molecule has 0 radical (unpaired) electrons. The fourth-order valence-corrected chi connectivity index (χ4v) is 3.59. The molecule has 0 N–H and O–H groups in total. The van der Waals surface area contributed by atoms with Gasteiger partial charge >= 0.3 is 12.8 Å². The predicted octanol–water partition coefficient (Wildman–Crippen LogP) is 5.03. The van der Waals surface area contributed by atoms with Gasteiger partial charge in [-0.3, -0.25) is 4.99 Å². The molecular formula is C18H11F7N2O. The van der Waals surface area contributed by atoms with Gasteiger partial charge in [-0.05, 0) is 30.2 Å². The lowest BCUT2D eigenvalue weighted by atomic mass is 9.80. The maximum absolute atomic E-state index is 14.2. The standard InChI is InChI=1S/C18H11F7N2O/c19-11-3-1-2-10-14(11)12(20)4-5-17(10)8-27-7-9(18(23,24)25)6-13(15(27)26-17)28-16(21)22/h1-4,6-7,16H,5,8H2/t17-/m0/s1. The van der Waals surface area contributed by atoms with Gasteiger partial charge in [0.2, 0.25) is 0 Å². The molecule has 1 aromatic carbocycles. The van der Waals surface area contributed by atoms with Crippen LogP contribution in [0.15, 0.2) is 52.9 Å². The first-order valence-electron chi connectivity index (χ1n) is 8.08. The Bertz CT molecular complexity index is 961. The minimum Gasteiger partial charge on any atom is -0.431 e. The second-order valence-corrected chi connectivity index (χ2v) is 6.48. The normalized spacial score (nSPS) is 23.8. The third-order valence-electron chi connectivity index (χ3n) is 4.74. The molecule has 1 aromatic rings. The van der Waals surface area contributed by atoms with Gasteiger partial charge in [-0.25, -0.2) is 8.78 Å². The first-order chi connectivity index (χ1) is 13.1. The second-order valence-electron chi connectivity index (χ2n) is 6.48. The van der Waals surface area contributed by atoms with Crippen LogP contribution in [0.3, 0.4) is 0 Å². The Morgan fingerprint density at radius 3 is 2.61 bits per heavy atom. The van der Waals surface area contributed by atoms with Crippen LogP contribution in [-0.4, -0.2) is 30.1 Å². The average Bonchev–Trinajstić information content (AvgIpc) is 2.97. The summed E-state index contributed by atoms with van der Waals surface area (Å²) in [5, 5.41) is 0. The highest BCUT2D eigenvalue weighted by Gasteiger charge is 2.48. The number of hydrogen-bond donors (Lipinski definition) is 0. The Hall–Kier alpha value is -2.78. The van der Waals surface area contributed by atoms with Crippen LogP contribution in [-0.2, 0) is 10.3 Å². The van der Waals surface area contributed by atoms with Crippen LogP contribution < -0.4 is 0 Å². The summed E-state index contributed by atoms with van der Waals surface area (Å²) in [4.78, 5) is 5.32. The number of alkyl halides is 5. The van der Waals surface area contributed by atoms with E-state index >= 15 is 0 Å². The van der Waals surface area contributed by atoms with Gasteiger partial charge in [-0.1, -0.05) is 12.1 Å². The quantitative estimate of drug-likeness (QED) is 0.646. The maximum Gasteiger partial charge on any atom is 0.417 e. The minimum atomic E-state index is -4.80. The average molecular weight is 404 g/mol.